The first-order chi connectivity index (χ1) is 9.69. The zero-order valence-electron chi connectivity index (χ0n) is 12.6. The standard InChI is InChI=1S/C13H23N3O4S/c1-4-13(5-2,9-17)8-15-12(18)11-6-10(7-16(11)3)21(14,19)20/h6-7,17H,4-5,8-9H2,1-3H3,(H,15,18)(H2,14,19,20). The summed E-state index contributed by atoms with van der Waals surface area (Å²) < 4.78 is 24.0. The van der Waals surface area contributed by atoms with Crippen LogP contribution in [0, 0.1) is 5.41 Å². The lowest BCUT2D eigenvalue weighted by Gasteiger charge is -2.29. The lowest BCUT2D eigenvalue weighted by atomic mass is 9.83. The van der Waals surface area contributed by atoms with Gasteiger partial charge in [-0.25, -0.2) is 13.6 Å². The number of carbonyl (C=O) groups is 1. The maximum absolute atomic E-state index is 12.2. The van der Waals surface area contributed by atoms with Gasteiger partial charge >= 0.3 is 0 Å². The number of sulfonamides is 1. The predicted octanol–water partition coefficient (Wildman–Crippen LogP) is 0.201. The highest BCUT2D eigenvalue weighted by molar-refractivity contribution is 7.89. The Labute approximate surface area is 125 Å². The van der Waals surface area contributed by atoms with Crippen LogP contribution in [0.3, 0.4) is 0 Å². The molecule has 1 rings (SSSR count). The summed E-state index contributed by atoms with van der Waals surface area (Å²) in [6.45, 7) is 4.21. The van der Waals surface area contributed by atoms with E-state index in [1.165, 1.54) is 16.8 Å². The summed E-state index contributed by atoms with van der Waals surface area (Å²) in [5.41, 5.74) is -0.151. The molecule has 4 N–H and O–H groups in total. The molecule has 0 saturated carbocycles. The van der Waals surface area contributed by atoms with Crippen LogP contribution in [0.25, 0.3) is 0 Å². The number of hydrogen-bond donors (Lipinski definition) is 3. The number of aliphatic hydroxyl groups excluding tert-OH is 1. The number of nitrogens with zero attached hydrogens (tertiary/aromatic N) is 1. The Morgan fingerprint density at radius 1 is 1.43 bits per heavy atom. The molecule has 0 aliphatic carbocycles. The van der Waals surface area contributed by atoms with Crippen molar-refractivity contribution in [1.29, 1.82) is 0 Å². The molecule has 1 heterocycles. The molecule has 0 aliphatic rings. The smallest absolute Gasteiger partial charge is 0.267 e. The highest BCUT2D eigenvalue weighted by Crippen LogP contribution is 2.24. The Balaban J connectivity index is 2.89. The third-order valence-corrected chi connectivity index (χ3v) is 4.88. The fraction of sp³-hybridized carbons (Fsp3) is 0.615. The van der Waals surface area contributed by atoms with Crippen LogP contribution in [0.15, 0.2) is 17.2 Å². The zero-order chi connectivity index (χ0) is 16.3. The molecule has 0 aromatic carbocycles. The average Bonchev–Trinajstić information content (AvgIpc) is 2.83. The highest BCUT2D eigenvalue weighted by Gasteiger charge is 2.26. The molecule has 7 nitrogen and oxygen atoms in total. The largest absolute Gasteiger partial charge is 0.396 e. The summed E-state index contributed by atoms with van der Waals surface area (Å²) >= 11 is 0. The summed E-state index contributed by atoms with van der Waals surface area (Å²) in [5.74, 6) is -0.396. The lowest BCUT2D eigenvalue weighted by Crippen LogP contribution is -2.39. The number of rotatable bonds is 7. The fourth-order valence-electron chi connectivity index (χ4n) is 2.05. The molecular weight excluding hydrogens is 294 g/mol. The Morgan fingerprint density at radius 2 is 2.00 bits per heavy atom. The third-order valence-electron chi connectivity index (χ3n) is 4.00. The number of aliphatic hydroxyl groups is 1. The molecule has 0 aliphatic heterocycles. The van der Waals surface area contributed by atoms with Gasteiger partial charge in [0.2, 0.25) is 10.0 Å². The number of nitrogens with two attached hydrogens (primary N) is 1. The van der Waals surface area contributed by atoms with Gasteiger partial charge in [0, 0.05) is 25.2 Å². The van der Waals surface area contributed by atoms with Crippen LogP contribution in [0.4, 0.5) is 0 Å². The first-order valence-corrected chi connectivity index (χ1v) is 8.32. The molecule has 0 atom stereocenters. The van der Waals surface area contributed by atoms with Gasteiger partial charge in [-0.2, -0.15) is 0 Å². The van der Waals surface area contributed by atoms with Crippen molar-refractivity contribution < 1.29 is 18.3 Å². The first-order valence-electron chi connectivity index (χ1n) is 6.77. The van der Waals surface area contributed by atoms with Crippen LogP contribution in [-0.4, -0.2) is 37.2 Å². The Hall–Kier alpha value is -1.38. The molecule has 0 unspecified atom stereocenters. The van der Waals surface area contributed by atoms with Crippen molar-refractivity contribution in [3.63, 3.8) is 0 Å². The minimum absolute atomic E-state index is 0.0180. The van der Waals surface area contributed by atoms with E-state index in [4.69, 9.17) is 5.14 Å². The van der Waals surface area contributed by atoms with Crippen molar-refractivity contribution >= 4 is 15.9 Å². The molecule has 1 aromatic rings. The Kier molecular flexibility index (Phi) is 5.54. The fourth-order valence-corrected chi connectivity index (χ4v) is 2.63. The molecule has 0 spiro atoms. The molecular formula is C13H23N3O4S. The number of aryl methyl sites for hydroxylation is 1. The van der Waals surface area contributed by atoms with Crippen LogP contribution in [0.2, 0.25) is 0 Å². The minimum Gasteiger partial charge on any atom is -0.396 e. The van der Waals surface area contributed by atoms with Crippen LogP contribution in [0.5, 0.6) is 0 Å². The maximum Gasteiger partial charge on any atom is 0.267 e. The molecule has 1 amide bonds. The van der Waals surface area contributed by atoms with E-state index in [9.17, 15) is 18.3 Å². The number of hydrogen-bond acceptors (Lipinski definition) is 4. The molecule has 8 heteroatoms. The number of amides is 1. The summed E-state index contributed by atoms with van der Waals surface area (Å²) in [4.78, 5) is 12.0. The SMILES string of the molecule is CCC(CC)(CO)CNC(=O)c1cc(S(N)(=O)=O)cn1C. The van der Waals surface area contributed by atoms with Crippen molar-refractivity contribution in [3.8, 4) is 0 Å². The number of aromatic nitrogens is 1. The average molecular weight is 317 g/mol. The zero-order valence-corrected chi connectivity index (χ0v) is 13.4. The van der Waals surface area contributed by atoms with E-state index in [2.05, 4.69) is 5.32 Å². The van der Waals surface area contributed by atoms with Gasteiger partial charge in [0.1, 0.15) is 10.6 Å². The third kappa shape index (κ3) is 4.05. The first kappa shape index (κ1) is 17.7. The van der Waals surface area contributed by atoms with Gasteiger partial charge in [0.25, 0.3) is 5.91 Å². The topological polar surface area (TPSA) is 114 Å². The molecule has 0 radical (unpaired) electrons. The van der Waals surface area contributed by atoms with Crippen molar-refractivity contribution in [1.82, 2.24) is 9.88 Å². The van der Waals surface area contributed by atoms with Gasteiger partial charge in [-0.15, -0.1) is 0 Å². The molecule has 120 valence electrons. The van der Waals surface area contributed by atoms with Gasteiger partial charge in [0.05, 0.1) is 6.61 Å². The lowest BCUT2D eigenvalue weighted by molar-refractivity contribution is 0.0844. The van der Waals surface area contributed by atoms with Crippen LogP contribution in [-0.2, 0) is 17.1 Å². The monoisotopic (exact) mass is 317 g/mol. The second-order valence-electron chi connectivity index (χ2n) is 5.26. The molecule has 0 bridgehead atoms. The van der Waals surface area contributed by atoms with E-state index < -0.39 is 15.9 Å². The summed E-state index contributed by atoms with van der Waals surface area (Å²) in [6.07, 6.45) is 2.76. The second kappa shape index (κ2) is 6.59. The van der Waals surface area contributed by atoms with Gasteiger partial charge in [-0.3, -0.25) is 4.79 Å². The van der Waals surface area contributed by atoms with E-state index in [-0.39, 0.29) is 22.6 Å². The number of nitrogens with one attached hydrogen (secondary N) is 1. The van der Waals surface area contributed by atoms with Crippen molar-refractivity contribution in [2.45, 2.75) is 31.6 Å². The minimum atomic E-state index is -3.84. The quantitative estimate of drug-likeness (QED) is 0.666. The highest BCUT2D eigenvalue weighted by atomic mass is 32.2. The molecule has 21 heavy (non-hydrogen) atoms. The normalized spacial score (nSPS) is 12.4. The summed E-state index contributed by atoms with van der Waals surface area (Å²) in [6, 6.07) is 1.24. The van der Waals surface area contributed by atoms with Crippen molar-refractivity contribution in [2.75, 3.05) is 13.2 Å². The Bertz CT molecular complexity index is 595. The van der Waals surface area contributed by atoms with E-state index >= 15 is 0 Å². The van der Waals surface area contributed by atoms with Gasteiger partial charge in [-0.1, -0.05) is 13.8 Å². The van der Waals surface area contributed by atoms with Crippen LogP contribution >= 0.6 is 0 Å². The van der Waals surface area contributed by atoms with Crippen LogP contribution < -0.4 is 10.5 Å². The summed E-state index contributed by atoms with van der Waals surface area (Å²) in [5, 5.41) is 17.3. The second-order valence-corrected chi connectivity index (χ2v) is 6.83. The molecule has 0 fully saturated rings. The van der Waals surface area contributed by atoms with E-state index in [1.807, 2.05) is 13.8 Å². The number of primary sulfonamides is 1. The molecule has 0 saturated heterocycles. The van der Waals surface area contributed by atoms with Gasteiger partial charge < -0.3 is 15.0 Å². The molecule has 1 aromatic heterocycles. The number of carbonyl (C=O) groups excluding carboxylic acids is 1. The predicted molar refractivity (Wildman–Crippen MR) is 79.2 cm³/mol. The van der Waals surface area contributed by atoms with Gasteiger partial charge in [-0.05, 0) is 18.9 Å². The van der Waals surface area contributed by atoms with E-state index in [1.54, 1.807) is 7.05 Å². The summed E-state index contributed by atoms with van der Waals surface area (Å²) in [7, 11) is -2.26. The van der Waals surface area contributed by atoms with E-state index in [0.717, 1.165) is 12.8 Å². The Morgan fingerprint density at radius 3 is 2.38 bits per heavy atom. The van der Waals surface area contributed by atoms with Crippen LogP contribution in [0.1, 0.15) is 37.2 Å². The van der Waals surface area contributed by atoms with Gasteiger partial charge in [0.15, 0.2) is 0 Å². The van der Waals surface area contributed by atoms with Crippen molar-refractivity contribution in [2.24, 2.45) is 17.6 Å². The van der Waals surface area contributed by atoms with Crippen molar-refractivity contribution in [3.05, 3.63) is 18.0 Å². The maximum atomic E-state index is 12.2. The van der Waals surface area contributed by atoms with E-state index in [0.29, 0.717) is 6.54 Å².